The number of hydrogen-bond acceptors (Lipinski definition) is 5. The number of amides is 2. The number of rotatable bonds is 5. The lowest BCUT2D eigenvalue weighted by Gasteiger charge is -2.10. The number of hydrogen-bond donors (Lipinski definition) is 1. The molecule has 0 aliphatic carbocycles. The molecule has 0 atom stereocenters. The average molecular weight is 294 g/mol. The van der Waals surface area contributed by atoms with Crippen molar-refractivity contribution in [3.63, 3.8) is 0 Å². The molecule has 2 amide bonds. The van der Waals surface area contributed by atoms with Gasteiger partial charge in [0.1, 0.15) is 5.69 Å². The van der Waals surface area contributed by atoms with Crippen molar-refractivity contribution < 1.29 is 4.79 Å². The van der Waals surface area contributed by atoms with Gasteiger partial charge < -0.3 is 10.2 Å². The number of carbonyl (C=O) groups excluding carboxylic acids is 1. The number of aryl methyl sites for hydroxylation is 1. The van der Waals surface area contributed by atoms with Crippen molar-refractivity contribution >= 4 is 17.4 Å². The average Bonchev–Trinajstić information content (AvgIpc) is 3.05. The molecule has 0 aliphatic heterocycles. The van der Waals surface area contributed by atoms with Gasteiger partial charge in [-0.15, -0.1) is 16.4 Å². The highest BCUT2D eigenvalue weighted by molar-refractivity contribution is 7.09. The van der Waals surface area contributed by atoms with Crippen LogP contribution in [0, 0.1) is 0 Å². The molecule has 0 bridgehead atoms. The predicted octanol–water partition coefficient (Wildman–Crippen LogP) is 1.12. The van der Waals surface area contributed by atoms with Crippen molar-refractivity contribution in [2.24, 2.45) is 0 Å². The first-order valence-corrected chi connectivity index (χ1v) is 7.24. The van der Waals surface area contributed by atoms with E-state index in [1.54, 1.807) is 30.1 Å². The number of nitrogens with one attached hydrogen (secondary N) is 1. The minimum atomic E-state index is -0.147. The Labute approximate surface area is 121 Å². The first-order valence-electron chi connectivity index (χ1n) is 6.36. The first-order chi connectivity index (χ1) is 9.58. The third kappa shape index (κ3) is 3.77. The maximum atomic E-state index is 11.4. The van der Waals surface area contributed by atoms with Gasteiger partial charge in [0.2, 0.25) is 0 Å². The van der Waals surface area contributed by atoms with Crippen LogP contribution in [-0.2, 0) is 19.5 Å². The maximum Gasteiger partial charge on any atom is 0.317 e. The molecule has 0 radical (unpaired) electrons. The summed E-state index contributed by atoms with van der Waals surface area (Å²) < 4.78 is 1.73. The second-order valence-electron chi connectivity index (χ2n) is 4.55. The van der Waals surface area contributed by atoms with Gasteiger partial charge in [-0.2, -0.15) is 0 Å². The summed E-state index contributed by atoms with van der Waals surface area (Å²) in [6, 6.07) is -0.147. The van der Waals surface area contributed by atoms with Crippen LogP contribution in [-0.4, -0.2) is 45.0 Å². The Kier molecular flexibility index (Phi) is 4.67. The number of aromatic nitrogens is 4. The topological polar surface area (TPSA) is 75.9 Å². The SMILES string of the molecule is CCc1nc(Cn2cc(CNC(=O)N(C)C)nn2)cs1. The molecular formula is C12H18N6OS. The summed E-state index contributed by atoms with van der Waals surface area (Å²) in [7, 11) is 3.39. The molecule has 2 rings (SSSR count). The van der Waals surface area contributed by atoms with Gasteiger partial charge in [-0.1, -0.05) is 12.1 Å². The standard InChI is InChI=1S/C12H18N6OS/c1-4-11-14-10(8-20-11)7-18-6-9(15-16-18)5-13-12(19)17(2)3/h6,8H,4-5,7H2,1-3H3,(H,13,19). The highest BCUT2D eigenvalue weighted by Crippen LogP contribution is 2.11. The molecule has 0 fully saturated rings. The molecule has 0 unspecified atom stereocenters. The summed E-state index contributed by atoms with van der Waals surface area (Å²) in [4.78, 5) is 17.4. The Hall–Kier alpha value is -1.96. The van der Waals surface area contributed by atoms with Crippen molar-refractivity contribution in [2.45, 2.75) is 26.4 Å². The Bertz CT molecular complexity index is 576. The molecule has 2 aromatic rings. The van der Waals surface area contributed by atoms with Gasteiger partial charge >= 0.3 is 6.03 Å². The summed E-state index contributed by atoms with van der Waals surface area (Å²) in [5, 5.41) is 14.0. The van der Waals surface area contributed by atoms with E-state index >= 15 is 0 Å². The smallest absolute Gasteiger partial charge is 0.317 e. The third-order valence-corrected chi connectivity index (χ3v) is 3.68. The number of nitrogens with zero attached hydrogens (tertiary/aromatic N) is 5. The zero-order valence-electron chi connectivity index (χ0n) is 11.8. The van der Waals surface area contributed by atoms with Gasteiger partial charge in [-0.25, -0.2) is 14.5 Å². The lowest BCUT2D eigenvalue weighted by molar-refractivity contribution is 0.217. The zero-order chi connectivity index (χ0) is 14.5. The Morgan fingerprint density at radius 1 is 1.45 bits per heavy atom. The van der Waals surface area contributed by atoms with E-state index < -0.39 is 0 Å². The summed E-state index contributed by atoms with van der Waals surface area (Å²) in [6.45, 7) is 3.06. The summed E-state index contributed by atoms with van der Waals surface area (Å²) >= 11 is 1.66. The van der Waals surface area contributed by atoms with E-state index in [1.807, 2.05) is 11.6 Å². The molecule has 0 saturated heterocycles. The minimum Gasteiger partial charge on any atom is -0.332 e. The highest BCUT2D eigenvalue weighted by Gasteiger charge is 2.07. The van der Waals surface area contributed by atoms with Gasteiger partial charge in [0.15, 0.2) is 0 Å². The lowest BCUT2D eigenvalue weighted by atomic mass is 10.4. The van der Waals surface area contributed by atoms with Gasteiger partial charge in [-0.05, 0) is 6.42 Å². The molecule has 0 saturated carbocycles. The molecule has 108 valence electrons. The first kappa shape index (κ1) is 14.4. The normalized spacial score (nSPS) is 10.6. The fraction of sp³-hybridized carbons (Fsp3) is 0.500. The van der Waals surface area contributed by atoms with Gasteiger partial charge in [0.25, 0.3) is 0 Å². The Morgan fingerprint density at radius 3 is 2.90 bits per heavy atom. The molecule has 7 nitrogen and oxygen atoms in total. The minimum absolute atomic E-state index is 0.147. The van der Waals surface area contributed by atoms with E-state index in [-0.39, 0.29) is 6.03 Å². The Balaban J connectivity index is 1.90. The van der Waals surface area contributed by atoms with Crippen molar-refractivity contribution in [3.8, 4) is 0 Å². The molecule has 2 heterocycles. The van der Waals surface area contributed by atoms with E-state index in [0.717, 1.165) is 22.8 Å². The predicted molar refractivity (Wildman–Crippen MR) is 76.5 cm³/mol. The van der Waals surface area contributed by atoms with Crippen LogP contribution in [0.3, 0.4) is 0 Å². The van der Waals surface area contributed by atoms with Crippen molar-refractivity contribution in [1.82, 2.24) is 30.2 Å². The highest BCUT2D eigenvalue weighted by atomic mass is 32.1. The van der Waals surface area contributed by atoms with E-state index in [0.29, 0.717) is 13.1 Å². The third-order valence-electron chi connectivity index (χ3n) is 2.64. The van der Waals surface area contributed by atoms with E-state index in [4.69, 9.17) is 0 Å². The second kappa shape index (κ2) is 6.47. The summed E-state index contributed by atoms with van der Waals surface area (Å²) in [6.07, 6.45) is 2.77. The zero-order valence-corrected chi connectivity index (χ0v) is 12.6. The number of urea groups is 1. The molecule has 0 aromatic carbocycles. The van der Waals surface area contributed by atoms with Gasteiger partial charge in [0.05, 0.1) is 30.0 Å². The number of carbonyl (C=O) groups is 1. The monoisotopic (exact) mass is 294 g/mol. The van der Waals surface area contributed by atoms with E-state index in [1.165, 1.54) is 4.90 Å². The molecule has 0 aliphatic rings. The van der Waals surface area contributed by atoms with Crippen molar-refractivity contribution in [2.75, 3.05) is 14.1 Å². The van der Waals surface area contributed by atoms with Gasteiger partial charge in [-0.3, -0.25) is 0 Å². The van der Waals surface area contributed by atoms with Crippen molar-refractivity contribution in [1.29, 1.82) is 0 Å². The molecule has 1 N–H and O–H groups in total. The van der Waals surface area contributed by atoms with Crippen LogP contribution in [0.15, 0.2) is 11.6 Å². The van der Waals surface area contributed by atoms with Crippen LogP contribution in [0.5, 0.6) is 0 Å². The van der Waals surface area contributed by atoms with Crippen LogP contribution in [0.4, 0.5) is 4.79 Å². The summed E-state index contributed by atoms with van der Waals surface area (Å²) in [5.41, 5.74) is 1.71. The maximum absolute atomic E-state index is 11.4. The van der Waals surface area contributed by atoms with Crippen LogP contribution in [0.1, 0.15) is 23.3 Å². The van der Waals surface area contributed by atoms with E-state index in [2.05, 4.69) is 27.5 Å². The van der Waals surface area contributed by atoms with Crippen LogP contribution >= 0.6 is 11.3 Å². The van der Waals surface area contributed by atoms with Crippen LogP contribution < -0.4 is 5.32 Å². The van der Waals surface area contributed by atoms with Crippen LogP contribution in [0.2, 0.25) is 0 Å². The Morgan fingerprint density at radius 2 is 2.25 bits per heavy atom. The van der Waals surface area contributed by atoms with Crippen LogP contribution in [0.25, 0.3) is 0 Å². The summed E-state index contributed by atoms with van der Waals surface area (Å²) in [5.74, 6) is 0. The molecule has 8 heteroatoms. The van der Waals surface area contributed by atoms with Crippen molar-refractivity contribution in [3.05, 3.63) is 28.0 Å². The molecular weight excluding hydrogens is 276 g/mol. The number of thiazole rings is 1. The molecule has 2 aromatic heterocycles. The lowest BCUT2D eigenvalue weighted by Crippen LogP contribution is -2.34. The second-order valence-corrected chi connectivity index (χ2v) is 5.49. The quantitative estimate of drug-likeness (QED) is 0.896. The molecule has 20 heavy (non-hydrogen) atoms. The fourth-order valence-electron chi connectivity index (χ4n) is 1.57. The van der Waals surface area contributed by atoms with E-state index in [9.17, 15) is 4.79 Å². The van der Waals surface area contributed by atoms with Gasteiger partial charge in [0, 0.05) is 19.5 Å². The largest absolute Gasteiger partial charge is 0.332 e. The fourth-order valence-corrected chi connectivity index (χ4v) is 2.31. The molecule has 0 spiro atoms.